The van der Waals surface area contributed by atoms with Crippen molar-refractivity contribution in [2.75, 3.05) is 32.1 Å². The topological polar surface area (TPSA) is 20.3 Å². The molecule has 0 aliphatic rings. The van der Waals surface area contributed by atoms with Crippen LogP contribution in [0, 0.1) is 6.92 Å². The first-order valence-corrected chi connectivity index (χ1v) is 7.80. The predicted molar refractivity (Wildman–Crippen MR) is 80.6 cm³/mol. The summed E-state index contributed by atoms with van der Waals surface area (Å²) in [7, 11) is 2.09. The minimum atomic E-state index is 0.246. The summed E-state index contributed by atoms with van der Waals surface area (Å²) >= 11 is 1.87. The number of ketones is 1. The van der Waals surface area contributed by atoms with Crippen LogP contribution in [0.2, 0.25) is 0 Å². The number of Topliss-reactive ketones (excluding diaryl/α,β-unsaturated/α-hetero) is 1. The fourth-order valence-corrected chi connectivity index (χ4v) is 2.26. The maximum absolute atomic E-state index is 12.0. The highest BCUT2D eigenvalue weighted by Gasteiger charge is 2.07. The van der Waals surface area contributed by atoms with Crippen LogP contribution in [0.15, 0.2) is 24.3 Å². The van der Waals surface area contributed by atoms with Crippen molar-refractivity contribution in [3.05, 3.63) is 35.4 Å². The van der Waals surface area contributed by atoms with E-state index < -0.39 is 0 Å². The van der Waals surface area contributed by atoms with E-state index in [1.165, 1.54) is 12.2 Å². The molecule has 0 amide bonds. The number of nitrogens with zero attached hydrogens (tertiary/aromatic N) is 1. The molecular formula is C15H23NOS. The molecule has 0 aliphatic carbocycles. The van der Waals surface area contributed by atoms with Gasteiger partial charge in [0.1, 0.15) is 0 Å². The zero-order chi connectivity index (χ0) is 13.4. The van der Waals surface area contributed by atoms with E-state index in [-0.39, 0.29) is 5.78 Å². The summed E-state index contributed by atoms with van der Waals surface area (Å²) < 4.78 is 0. The van der Waals surface area contributed by atoms with E-state index in [2.05, 4.69) is 18.2 Å². The molecule has 0 atom stereocenters. The Morgan fingerprint density at radius 1 is 1.33 bits per heavy atom. The molecule has 1 aromatic rings. The third-order valence-electron chi connectivity index (χ3n) is 2.95. The first-order chi connectivity index (χ1) is 8.63. The van der Waals surface area contributed by atoms with E-state index in [9.17, 15) is 4.79 Å². The Bertz CT molecular complexity index is 379. The van der Waals surface area contributed by atoms with Crippen LogP contribution in [-0.4, -0.2) is 42.8 Å². The number of benzene rings is 1. The molecular weight excluding hydrogens is 242 g/mol. The summed E-state index contributed by atoms with van der Waals surface area (Å²) in [4.78, 5) is 14.2. The standard InChI is InChI=1S/C15H23NOS/c1-13-6-4-7-14(12-13)15(17)8-10-16(2)9-5-11-18-3/h4,6-7,12H,5,8-11H2,1-3H3. The molecule has 0 bridgehead atoms. The Kier molecular flexibility index (Phi) is 7.06. The highest BCUT2D eigenvalue weighted by Crippen LogP contribution is 2.07. The Balaban J connectivity index is 2.32. The summed E-state index contributed by atoms with van der Waals surface area (Å²) in [6.45, 7) is 3.94. The molecule has 0 saturated heterocycles. The highest BCUT2D eigenvalue weighted by molar-refractivity contribution is 7.98. The predicted octanol–water partition coefficient (Wildman–Crippen LogP) is 3.25. The van der Waals surface area contributed by atoms with Gasteiger partial charge in [0.2, 0.25) is 0 Å². The maximum atomic E-state index is 12.0. The molecule has 0 spiro atoms. The van der Waals surface area contributed by atoms with E-state index in [1.54, 1.807) is 0 Å². The van der Waals surface area contributed by atoms with Crippen molar-refractivity contribution in [3.8, 4) is 0 Å². The first kappa shape index (κ1) is 15.3. The molecule has 0 heterocycles. The lowest BCUT2D eigenvalue weighted by atomic mass is 10.1. The molecule has 0 aromatic heterocycles. The summed E-state index contributed by atoms with van der Waals surface area (Å²) in [5.74, 6) is 1.44. The first-order valence-electron chi connectivity index (χ1n) is 6.41. The maximum Gasteiger partial charge on any atom is 0.164 e. The van der Waals surface area contributed by atoms with E-state index in [0.717, 1.165) is 24.2 Å². The third-order valence-corrected chi connectivity index (χ3v) is 3.65. The zero-order valence-corrected chi connectivity index (χ0v) is 12.4. The van der Waals surface area contributed by atoms with Gasteiger partial charge in [0.05, 0.1) is 0 Å². The fraction of sp³-hybridized carbons (Fsp3) is 0.533. The Hall–Kier alpha value is -0.800. The molecule has 0 unspecified atom stereocenters. The number of aryl methyl sites for hydroxylation is 1. The van der Waals surface area contributed by atoms with Crippen LogP contribution in [0.5, 0.6) is 0 Å². The van der Waals surface area contributed by atoms with Gasteiger partial charge in [0, 0.05) is 18.5 Å². The largest absolute Gasteiger partial charge is 0.306 e. The average molecular weight is 265 g/mol. The van der Waals surface area contributed by atoms with Crippen LogP contribution in [0.1, 0.15) is 28.8 Å². The van der Waals surface area contributed by atoms with Crippen LogP contribution in [0.4, 0.5) is 0 Å². The van der Waals surface area contributed by atoms with Crippen LogP contribution < -0.4 is 0 Å². The van der Waals surface area contributed by atoms with Crippen LogP contribution in [0.25, 0.3) is 0 Å². The van der Waals surface area contributed by atoms with Gasteiger partial charge in [-0.05, 0) is 45.0 Å². The Morgan fingerprint density at radius 2 is 2.11 bits per heavy atom. The van der Waals surface area contributed by atoms with Crippen molar-refractivity contribution >= 4 is 17.5 Å². The molecule has 3 heteroatoms. The van der Waals surface area contributed by atoms with Gasteiger partial charge in [-0.3, -0.25) is 4.79 Å². The molecule has 2 nitrogen and oxygen atoms in total. The minimum Gasteiger partial charge on any atom is -0.306 e. The van der Waals surface area contributed by atoms with Crippen molar-refractivity contribution < 1.29 is 4.79 Å². The van der Waals surface area contributed by atoms with Crippen LogP contribution in [0.3, 0.4) is 0 Å². The minimum absolute atomic E-state index is 0.246. The molecule has 0 fully saturated rings. The van der Waals surface area contributed by atoms with Gasteiger partial charge in [-0.2, -0.15) is 11.8 Å². The number of thioether (sulfide) groups is 1. The summed E-state index contributed by atoms with van der Waals surface area (Å²) in [6.07, 6.45) is 3.93. The van der Waals surface area contributed by atoms with Crippen molar-refractivity contribution in [1.82, 2.24) is 4.90 Å². The normalized spacial score (nSPS) is 10.9. The van der Waals surface area contributed by atoms with E-state index in [4.69, 9.17) is 0 Å². The molecule has 18 heavy (non-hydrogen) atoms. The Morgan fingerprint density at radius 3 is 2.78 bits per heavy atom. The molecule has 1 rings (SSSR count). The number of carbonyl (C=O) groups excluding carboxylic acids is 1. The molecule has 0 N–H and O–H groups in total. The van der Waals surface area contributed by atoms with Crippen LogP contribution in [-0.2, 0) is 0 Å². The van der Waals surface area contributed by atoms with E-state index in [0.29, 0.717) is 6.42 Å². The zero-order valence-electron chi connectivity index (χ0n) is 11.6. The van der Waals surface area contributed by atoms with Crippen molar-refractivity contribution in [3.63, 3.8) is 0 Å². The van der Waals surface area contributed by atoms with Crippen molar-refractivity contribution in [2.45, 2.75) is 19.8 Å². The summed E-state index contributed by atoms with van der Waals surface area (Å²) in [5, 5.41) is 0. The van der Waals surface area contributed by atoms with Gasteiger partial charge in [-0.1, -0.05) is 23.8 Å². The van der Waals surface area contributed by atoms with Crippen molar-refractivity contribution in [2.24, 2.45) is 0 Å². The molecule has 1 aromatic carbocycles. The van der Waals surface area contributed by atoms with Gasteiger partial charge < -0.3 is 4.90 Å². The highest BCUT2D eigenvalue weighted by atomic mass is 32.2. The van der Waals surface area contributed by atoms with Gasteiger partial charge in [-0.25, -0.2) is 0 Å². The fourth-order valence-electron chi connectivity index (χ4n) is 1.85. The Labute approximate surface area is 115 Å². The van der Waals surface area contributed by atoms with Gasteiger partial charge >= 0.3 is 0 Å². The van der Waals surface area contributed by atoms with E-state index >= 15 is 0 Å². The van der Waals surface area contributed by atoms with Crippen LogP contribution >= 0.6 is 11.8 Å². The number of carbonyl (C=O) groups is 1. The number of hydrogen-bond donors (Lipinski definition) is 0. The number of rotatable bonds is 8. The monoisotopic (exact) mass is 265 g/mol. The smallest absolute Gasteiger partial charge is 0.164 e. The molecule has 0 aliphatic heterocycles. The second kappa shape index (κ2) is 8.33. The lowest BCUT2D eigenvalue weighted by Gasteiger charge is -2.15. The quantitative estimate of drug-likeness (QED) is 0.531. The molecule has 0 radical (unpaired) electrons. The third kappa shape index (κ3) is 5.69. The lowest BCUT2D eigenvalue weighted by Crippen LogP contribution is -2.23. The van der Waals surface area contributed by atoms with Gasteiger partial charge in [-0.15, -0.1) is 0 Å². The SMILES string of the molecule is CSCCCN(C)CCC(=O)c1cccc(C)c1. The second-order valence-electron chi connectivity index (χ2n) is 4.69. The molecule has 0 saturated carbocycles. The molecule has 100 valence electrons. The van der Waals surface area contributed by atoms with Gasteiger partial charge in [0.15, 0.2) is 5.78 Å². The lowest BCUT2D eigenvalue weighted by molar-refractivity contribution is 0.0969. The van der Waals surface area contributed by atoms with Crippen molar-refractivity contribution in [1.29, 1.82) is 0 Å². The second-order valence-corrected chi connectivity index (χ2v) is 5.68. The van der Waals surface area contributed by atoms with Gasteiger partial charge in [0.25, 0.3) is 0 Å². The number of hydrogen-bond acceptors (Lipinski definition) is 3. The van der Waals surface area contributed by atoms with E-state index in [1.807, 2.05) is 43.0 Å². The average Bonchev–Trinajstić information content (AvgIpc) is 2.36. The summed E-state index contributed by atoms with van der Waals surface area (Å²) in [6, 6.07) is 7.84. The summed E-state index contributed by atoms with van der Waals surface area (Å²) in [5.41, 5.74) is 1.99.